The highest BCUT2D eigenvalue weighted by Gasteiger charge is 2.38. The molecule has 0 bridgehead atoms. The minimum atomic E-state index is 0.135. The van der Waals surface area contributed by atoms with Gasteiger partial charge in [0, 0.05) is 25.2 Å². The lowest BCUT2D eigenvalue weighted by atomic mass is 9.78. The van der Waals surface area contributed by atoms with Crippen LogP contribution in [0.3, 0.4) is 0 Å². The van der Waals surface area contributed by atoms with Crippen molar-refractivity contribution in [2.75, 3.05) is 32.8 Å². The minimum Gasteiger partial charge on any atom is -0.490 e. The summed E-state index contributed by atoms with van der Waals surface area (Å²) in [6.45, 7) is 8.09. The Morgan fingerprint density at radius 1 is 1.27 bits per heavy atom. The van der Waals surface area contributed by atoms with Crippen molar-refractivity contribution in [2.24, 2.45) is 5.41 Å². The Balaban J connectivity index is 1.58. The van der Waals surface area contributed by atoms with Gasteiger partial charge in [-0.25, -0.2) is 0 Å². The molecule has 0 aromatic heterocycles. The molecule has 1 spiro atoms. The molecule has 1 aromatic carbocycles. The Bertz CT molecular complexity index is 523. The minimum absolute atomic E-state index is 0.135. The number of nitrogens with zero attached hydrogens (tertiary/aromatic N) is 1. The molecular weight excluding hydrogens is 276 g/mol. The van der Waals surface area contributed by atoms with Gasteiger partial charge < -0.3 is 15.0 Å². The third kappa shape index (κ3) is 3.17. The van der Waals surface area contributed by atoms with Crippen molar-refractivity contribution in [3.8, 4) is 5.75 Å². The second kappa shape index (κ2) is 6.53. The van der Waals surface area contributed by atoms with E-state index in [1.165, 1.54) is 6.42 Å². The zero-order valence-corrected chi connectivity index (χ0v) is 13.0. The van der Waals surface area contributed by atoms with Crippen molar-refractivity contribution >= 4 is 5.91 Å². The van der Waals surface area contributed by atoms with Crippen LogP contribution in [-0.2, 0) is 0 Å². The molecule has 0 radical (unpaired) electrons. The molecule has 0 saturated carbocycles. The Hall–Kier alpha value is -1.81. The standard InChI is InChI=1S/C18H24N2O2/c1-2-13-22-16-5-3-15(4-6-16)17(21)20-11-8-18(9-12-20)7-10-19-14-18/h2-6,19H,1,7-14H2. The molecule has 2 heterocycles. The van der Waals surface area contributed by atoms with Crippen LogP contribution in [0.5, 0.6) is 5.75 Å². The lowest BCUT2D eigenvalue weighted by Crippen LogP contribution is -2.44. The molecule has 4 nitrogen and oxygen atoms in total. The van der Waals surface area contributed by atoms with Gasteiger partial charge in [-0.3, -0.25) is 4.79 Å². The van der Waals surface area contributed by atoms with E-state index in [-0.39, 0.29) is 5.91 Å². The van der Waals surface area contributed by atoms with Crippen molar-refractivity contribution < 1.29 is 9.53 Å². The van der Waals surface area contributed by atoms with Gasteiger partial charge in [-0.1, -0.05) is 12.7 Å². The van der Waals surface area contributed by atoms with Crippen LogP contribution in [0.1, 0.15) is 29.6 Å². The molecule has 118 valence electrons. The fraction of sp³-hybridized carbons (Fsp3) is 0.500. The van der Waals surface area contributed by atoms with Crippen LogP contribution >= 0.6 is 0 Å². The van der Waals surface area contributed by atoms with Crippen molar-refractivity contribution in [2.45, 2.75) is 19.3 Å². The first kappa shape index (κ1) is 15.1. The number of rotatable bonds is 4. The van der Waals surface area contributed by atoms with E-state index in [1.807, 2.05) is 29.2 Å². The normalized spacial score (nSPS) is 20.1. The fourth-order valence-electron chi connectivity index (χ4n) is 3.44. The van der Waals surface area contributed by atoms with Gasteiger partial charge in [0.15, 0.2) is 0 Å². The maximum absolute atomic E-state index is 12.6. The SMILES string of the molecule is C=CCOc1ccc(C(=O)N2CCC3(CCNC3)CC2)cc1. The Kier molecular flexibility index (Phi) is 4.48. The van der Waals surface area contributed by atoms with Crippen LogP contribution in [-0.4, -0.2) is 43.6 Å². The third-order valence-electron chi connectivity index (χ3n) is 4.91. The smallest absolute Gasteiger partial charge is 0.253 e. The maximum atomic E-state index is 12.6. The summed E-state index contributed by atoms with van der Waals surface area (Å²) >= 11 is 0. The number of carbonyl (C=O) groups excluding carboxylic acids is 1. The number of nitrogens with one attached hydrogen (secondary N) is 1. The molecule has 0 aliphatic carbocycles. The van der Waals surface area contributed by atoms with Crippen molar-refractivity contribution in [1.82, 2.24) is 10.2 Å². The highest BCUT2D eigenvalue weighted by molar-refractivity contribution is 5.94. The number of hydrogen-bond donors (Lipinski definition) is 1. The van der Waals surface area contributed by atoms with E-state index in [0.29, 0.717) is 12.0 Å². The van der Waals surface area contributed by atoms with E-state index in [1.54, 1.807) is 6.08 Å². The number of benzene rings is 1. The van der Waals surface area contributed by atoms with Crippen LogP contribution in [0.2, 0.25) is 0 Å². The van der Waals surface area contributed by atoms with E-state index in [9.17, 15) is 4.79 Å². The summed E-state index contributed by atoms with van der Waals surface area (Å²) < 4.78 is 5.45. The quantitative estimate of drug-likeness (QED) is 0.869. The summed E-state index contributed by atoms with van der Waals surface area (Å²) in [6.07, 6.45) is 5.20. The van der Waals surface area contributed by atoms with Gasteiger partial charge in [-0.05, 0) is 55.5 Å². The summed E-state index contributed by atoms with van der Waals surface area (Å²) in [5.41, 5.74) is 1.19. The van der Waals surface area contributed by atoms with E-state index in [2.05, 4.69) is 11.9 Å². The maximum Gasteiger partial charge on any atom is 0.253 e. The Morgan fingerprint density at radius 3 is 2.59 bits per heavy atom. The molecule has 0 unspecified atom stereocenters. The van der Waals surface area contributed by atoms with E-state index < -0.39 is 0 Å². The van der Waals surface area contributed by atoms with Gasteiger partial charge >= 0.3 is 0 Å². The molecule has 1 amide bonds. The number of ether oxygens (including phenoxy) is 1. The van der Waals surface area contributed by atoms with E-state index >= 15 is 0 Å². The second-order valence-corrected chi connectivity index (χ2v) is 6.34. The number of carbonyl (C=O) groups is 1. The fourth-order valence-corrected chi connectivity index (χ4v) is 3.44. The Morgan fingerprint density at radius 2 is 2.00 bits per heavy atom. The van der Waals surface area contributed by atoms with Crippen LogP contribution in [0, 0.1) is 5.41 Å². The van der Waals surface area contributed by atoms with Crippen LogP contribution in [0.15, 0.2) is 36.9 Å². The molecule has 22 heavy (non-hydrogen) atoms. The molecule has 3 rings (SSSR count). The lowest BCUT2D eigenvalue weighted by molar-refractivity contribution is 0.0607. The van der Waals surface area contributed by atoms with Crippen LogP contribution in [0.4, 0.5) is 0 Å². The molecule has 1 N–H and O–H groups in total. The molecule has 2 aliphatic rings. The van der Waals surface area contributed by atoms with Gasteiger partial charge in [-0.2, -0.15) is 0 Å². The summed E-state index contributed by atoms with van der Waals surface area (Å²) in [4.78, 5) is 14.6. The molecule has 1 aromatic rings. The van der Waals surface area contributed by atoms with Gasteiger partial charge in [-0.15, -0.1) is 0 Å². The molecule has 0 atom stereocenters. The number of likely N-dealkylation sites (tertiary alicyclic amines) is 1. The largest absolute Gasteiger partial charge is 0.490 e. The summed E-state index contributed by atoms with van der Waals surface area (Å²) in [6, 6.07) is 7.40. The zero-order valence-electron chi connectivity index (χ0n) is 13.0. The number of hydrogen-bond acceptors (Lipinski definition) is 3. The van der Waals surface area contributed by atoms with Gasteiger partial charge in [0.1, 0.15) is 12.4 Å². The van der Waals surface area contributed by atoms with Crippen LogP contribution in [0.25, 0.3) is 0 Å². The molecule has 2 fully saturated rings. The number of piperidine rings is 1. The zero-order chi connectivity index (χ0) is 15.4. The Labute approximate surface area is 132 Å². The predicted molar refractivity (Wildman–Crippen MR) is 87.2 cm³/mol. The highest BCUT2D eigenvalue weighted by atomic mass is 16.5. The average molecular weight is 300 g/mol. The monoisotopic (exact) mass is 300 g/mol. The topological polar surface area (TPSA) is 41.6 Å². The summed E-state index contributed by atoms with van der Waals surface area (Å²) in [5.74, 6) is 0.905. The number of amides is 1. The second-order valence-electron chi connectivity index (χ2n) is 6.34. The molecule has 2 saturated heterocycles. The van der Waals surface area contributed by atoms with Crippen molar-refractivity contribution in [3.05, 3.63) is 42.5 Å². The summed E-state index contributed by atoms with van der Waals surface area (Å²) in [5, 5.41) is 3.46. The first-order valence-corrected chi connectivity index (χ1v) is 8.06. The van der Waals surface area contributed by atoms with Crippen molar-refractivity contribution in [3.63, 3.8) is 0 Å². The predicted octanol–water partition coefficient (Wildman–Crippen LogP) is 2.47. The first-order chi connectivity index (χ1) is 10.7. The van der Waals surface area contributed by atoms with Gasteiger partial charge in [0.2, 0.25) is 0 Å². The van der Waals surface area contributed by atoms with Crippen LogP contribution < -0.4 is 10.1 Å². The van der Waals surface area contributed by atoms with Gasteiger partial charge in [0.25, 0.3) is 5.91 Å². The average Bonchev–Trinajstić information content (AvgIpc) is 3.02. The lowest BCUT2D eigenvalue weighted by Gasteiger charge is -2.38. The molecular formula is C18H24N2O2. The van der Waals surface area contributed by atoms with Crippen molar-refractivity contribution in [1.29, 1.82) is 0 Å². The molecule has 2 aliphatic heterocycles. The highest BCUT2D eigenvalue weighted by Crippen LogP contribution is 2.37. The van der Waals surface area contributed by atoms with E-state index in [0.717, 1.165) is 50.3 Å². The first-order valence-electron chi connectivity index (χ1n) is 8.06. The van der Waals surface area contributed by atoms with Gasteiger partial charge in [0.05, 0.1) is 0 Å². The summed E-state index contributed by atoms with van der Waals surface area (Å²) in [7, 11) is 0. The third-order valence-corrected chi connectivity index (χ3v) is 4.91. The van der Waals surface area contributed by atoms with E-state index in [4.69, 9.17) is 4.74 Å². The molecule has 4 heteroatoms.